The minimum Gasteiger partial charge on any atom is -0.325 e. The summed E-state index contributed by atoms with van der Waals surface area (Å²) in [5, 5.41) is 0. The molecule has 0 aliphatic carbocycles. The Labute approximate surface area is 99.5 Å². The molecule has 0 aliphatic heterocycles. The number of rotatable bonds is 2. The smallest absolute Gasteiger partial charge is 0.172 e. The number of nitrogens with zero attached hydrogens (tertiary/aromatic N) is 2. The van der Waals surface area contributed by atoms with Crippen LogP contribution >= 0.6 is 0 Å². The van der Waals surface area contributed by atoms with E-state index in [1.54, 1.807) is 0 Å². The molecule has 0 bridgehead atoms. The van der Waals surface area contributed by atoms with Crippen molar-refractivity contribution in [2.75, 3.05) is 0 Å². The fraction of sp³-hybridized carbons (Fsp3) is 0.231. The molecule has 0 spiro atoms. The van der Waals surface area contributed by atoms with Crippen LogP contribution in [0.25, 0.3) is 11.3 Å². The molecular formula is C13H14FN3. The topological polar surface area (TPSA) is 51.8 Å². The molecule has 3 nitrogen and oxygen atoms in total. The molecule has 0 amide bonds. The molecule has 0 saturated carbocycles. The van der Waals surface area contributed by atoms with Crippen LogP contribution in [0.4, 0.5) is 4.39 Å². The van der Waals surface area contributed by atoms with Gasteiger partial charge in [-0.3, -0.25) is 0 Å². The van der Waals surface area contributed by atoms with E-state index in [2.05, 4.69) is 9.97 Å². The van der Waals surface area contributed by atoms with Crippen molar-refractivity contribution in [1.82, 2.24) is 9.97 Å². The van der Waals surface area contributed by atoms with Crippen LogP contribution in [-0.4, -0.2) is 9.97 Å². The van der Waals surface area contributed by atoms with Crippen LogP contribution in [0.15, 0.2) is 24.5 Å². The van der Waals surface area contributed by atoms with Gasteiger partial charge in [0.25, 0.3) is 0 Å². The van der Waals surface area contributed by atoms with Gasteiger partial charge in [-0.15, -0.1) is 0 Å². The number of hydrogen-bond donors (Lipinski definition) is 1. The Kier molecular flexibility index (Phi) is 3.15. The summed E-state index contributed by atoms with van der Waals surface area (Å²) in [5.74, 6) is -0.431. The highest BCUT2D eigenvalue weighted by Gasteiger charge is 2.12. The molecule has 0 fully saturated rings. The molecule has 1 heterocycles. The average molecular weight is 231 g/mol. The molecule has 2 N–H and O–H groups in total. The molecule has 1 aromatic heterocycles. The van der Waals surface area contributed by atoms with Crippen LogP contribution in [0.2, 0.25) is 0 Å². The van der Waals surface area contributed by atoms with Crippen LogP contribution in [-0.2, 0) is 6.54 Å². The van der Waals surface area contributed by atoms with E-state index in [0.29, 0.717) is 5.69 Å². The van der Waals surface area contributed by atoms with E-state index in [1.165, 1.54) is 6.33 Å². The molecule has 2 rings (SSSR count). The Morgan fingerprint density at radius 3 is 2.35 bits per heavy atom. The minimum absolute atomic E-state index is 0.0755. The highest BCUT2D eigenvalue weighted by molar-refractivity contribution is 5.62. The Balaban J connectivity index is 2.60. The van der Waals surface area contributed by atoms with Gasteiger partial charge in [0.2, 0.25) is 0 Å². The molecule has 0 aliphatic rings. The van der Waals surface area contributed by atoms with E-state index in [-0.39, 0.29) is 12.2 Å². The lowest BCUT2D eigenvalue weighted by Crippen LogP contribution is -2.05. The van der Waals surface area contributed by atoms with Gasteiger partial charge in [-0.05, 0) is 26.0 Å². The number of hydrogen-bond acceptors (Lipinski definition) is 3. The molecule has 1 aromatic carbocycles. The molecule has 0 radical (unpaired) electrons. The van der Waals surface area contributed by atoms with E-state index >= 15 is 0 Å². The molecule has 2 aromatic rings. The van der Waals surface area contributed by atoms with Gasteiger partial charge < -0.3 is 5.73 Å². The minimum atomic E-state index is -0.431. The van der Waals surface area contributed by atoms with Crippen LogP contribution in [0.5, 0.6) is 0 Å². The van der Waals surface area contributed by atoms with Gasteiger partial charge >= 0.3 is 0 Å². The van der Waals surface area contributed by atoms with Crippen LogP contribution < -0.4 is 5.73 Å². The normalized spacial score (nSPS) is 10.6. The molecule has 4 heteroatoms. The maximum atomic E-state index is 14.0. The maximum Gasteiger partial charge on any atom is 0.172 e. The highest BCUT2D eigenvalue weighted by atomic mass is 19.1. The maximum absolute atomic E-state index is 14.0. The van der Waals surface area contributed by atoms with Crippen molar-refractivity contribution in [2.24, 2.45) is 5.73 Å². The third-order valence-electron chi connectivity index (χ3n) is 2.55. The molecule has 0 saturated heterocycles. The molecular weight excluding hydrogens is 217 g/mol. The van der Waals surface area contributed by atoms with Crippen molar-refractivity contribution in [1.29, 1.82) is 0 Å². The second-order valence-corrected chi connectivity index (χ2v) is 4.06. The van der Waals surface area contributed by atoms with Crippen molar-refractivity contribution in [3.63, 3.8) is 0 Å². The number of aromatic nitrogens is 2. The quantitative estimate of drug-likeness (QED) is 0.863. The van der Waals surface area contributed by atoms with E-state index in [9.17, 15) is 4.39 Å². The highest BCUT2D eigenvalue weighted by Crippen LogP contribution is 2.23. The summed E-state index contributed by atoms with van der Waals surface area (Å²) in [7, 11) is 0. The number of benzene rings is 1. The van der Waals surface area contributed by atoms with Gasteiger partial charge in [-0.25, -0.2) is 14.4 Å². The van der Waals surface area contributed by atoms with Crippen molar-refractivity contribution in [2.45, 2.75) is 20.4 Å². The van der Waals surface area contributed by atoms with Crippen molar-refractivity contribution in [3.8, 4) is 11.3 Å². The summed E-state index contributed by atoms with van der Waals surface area (Å²) in [6, 6.07) is 5.84. The zero-order chi connectivity index (χ0) is 12.4. The lowest BCUT2D eigenvalue weighted by atomic mass is 10.0. The van der Waals surface area contributed by atoms with Crippen LogP contribution in [0.3, 0.4) is 0 Å². The first kappa shape index (κ1) is 11.7. The van der Waals surface area contributed by atoms with Gasteiger partial charge in [0.15, 0.2) is 5.82 Å². The van der Waals surface area contributed by atoms with Crippen LogP contribution in [0.1, 0.15) is 16.8 Å². The number of nitrogens with two attached hydrogens (primary N) is 1. The summed E-state index contributed by atoms with van der Waals surface area (Å²) in [6.07, 6.45) is 1.35. The molecule has 88 valence electrons. The first-order valence-corrected chi connectivity index (χ1v) is 5.40. The summed E-state index contributed by atoms with van der Waals surface area (Å²) in [5.41, 5.74) is 8.90. The first-order chi connectivity index (χ1) is 8.11. The fourth-order valence-corrected chi connectivity index (χ4v) is 1.86. The SMILES string of the molecule is Cc1cc(C)cc(-c2ncnc(CN)c2F)c1. The molecule has 17 heavy (non-hydrogen) atoms. The fourth-order valence-electron chi connectivity index (χ4n) is 1.86. The van der Waals surface area contributed by atoms with Crippen molar-refractivity contribution in [3.05, 3.63) is 47.2 Å². The monoisotopic (exact) mass is 231 g/mol. The van der Waals surface area contributed by atoms with Crippen molar-refractivity contribution >= 4 is 0 Å². The Bertz CT molecular complexity index is 532. The first-order valence-electron chi connectivity index (χ1n) is 5.40. The average Bonchev–Trinajstić information content (AvgIpc) is 2.28. The summed E-state index contributed by atoms with van der Waals surface area (Å²) in [4.78, 5) is 7.81. The van der Waals surface area contributed by atoms with Gasteiger partial charge in [0.05, 0.1) is 5.69 Å². The zero-order valence-electron chi connectivity index (χ0n) is 9.87. The predicted octanol–water partition coefficient (Wildman–Crippen LogP) is 2.36. The number of halogens is 1. The van der Waals surface area contributed by atoms with E-state index < -0.39 is 5.82 Å². The summed E-state index contributed by atoms with van der Waals surface area (Å²) in [6.45, 7) is 4.02. The van der Waals surface area contributed by atoms with Crippen LogP contribution in [0, 0.1) is 19.7 Å². The van der Waals surface area contributed by atoms with E-state index in [1.807, 2.05) is 32.0 Å². The Hall–Kier alpha value is -1.81. The predicted molar refractivity (Wildman–Crippen MR) is 64.8 cm³/mol. The third kappa shape index (κ3) is 2.31. The van der Waals surface area contributed by atoms with Gasteiger partial charge in [-0.1, -0.05) is 17.2 Å². The zero-order valence-corrected chi connectivity index (χ0v) is 9.87. The number of aryl methyl sites for hydroxylation is 2. The second kappa shape index (κ2) is 4.59. The summed E-state index contributed by atoms with van der Waals surface area (Å²) < 4.78 is 14.0. The Morgan fingerprint density at radius 1 is 1.12 bits per heavy atom. The van der Waals surface area contributed by atoms with Gasteiger partial charge in [0.1, 0.15) is 12.0 Å². The largest absolute Gasteiger partial charge is 0.325 e. The van der Waals surface area contributed by atoms with E-state index in [0.717, 1.165) is 16.7 Å². The lowest BCUT2D eigenvalue weighted by Gasteiger charge is -2.07. The Morgan fingerprint density at radius 2 is 1.76 bits per heavy atom. The molecule has 0 unspecified atom stereocenters. The third-order valence-corrected chi connectivity index (χ3v) is 2.55. The summed E-state index contributed by atoms with van der Waals surface area (Å²) >= 11 is 0. The molecule has 0 atom stereocenters. The lowest BCUT2D eigenvalue weighted by molar-refractivity contribution is 0.596. The standard InChI is InChI=1S/C13H14FN3/c1-8-3-9(2)5-10(4-8)13-12(14)11(6-15)16-7-17-13/h3-5,7H,6,15H2,1-2H3. The van der Waals surface area contributed by atoms with Gasteiger partial charge in [-0.2, -0.15) is 0 Å². The second-order valence-electron chi connectivity index (χ2n) is 4.06. The van der Waals surface area contributed by atoms with Gasteiger partial charge in [0, 0.05) is 12.1 Å². The van der Waals surface area contributed by atoms with Crippen molar-refractivity contribution < 1.29 is 4.39 Å². The van der Waals surface area contributed by atoms with E-state index in [4.69, 9.17) is 5.73 Å².